The van der Waals surface area contributed by atoms with Gasteiger partial charge in [0.15, 0.2) is 0 Å². The number of carbonyl (C=O) groups is 1. The standard InChI is InChI=1S/C19H20N2O4S/c1-4-12-20-19(22)15-8-11-17(25-3)18(13-15)26(23,24)21-16-9-6-14(5-2)7-10-16/h1,6-11,13,21H,5,12H2,2-3H3,(H,20,22). The van der Waals surface area contributed by atoms with Crippen molar-refractivity contribution in [3.05, 3.63) is 53.6 Å². The Labute approximate surface area is 153 Å². The summed E-state index contributed by atoms with van der Waals surface area (Å²) in [5.74, 6) is 1.96. The molecule has 0 saturated carbocycles. The van der Waals surface area contributed by atoms with Crippen molar-refractivity contribution < 1.29 is 17.9 Å². The molecule has 0 saturated heterocycles. The van der Waals surface area contributed by atoms with E-state index in [9.17, 15) is 13.2 Å². The first-order chi connectivity index (χ1) is 12.4. The van der Waals surface area contributed by atoms with Crippen LogP contribution in [-0.4, -0.2) is 28.0 Å². The highest BCUT2D eigenvalue weighted by molar-refractivity contribution is 7.92. The Balaban J connectivity index is 2.36. The van der Waals surface area contributed by atoms with Crippen molar-refractivity contribution in [2.45, 2.75) is 18.2 Å². The third-order valence-electron chi connectivity index (χ3n) is 3.68. The number of sulfonamides is 1. The smallest absolute Gasteiger partial charge is 0.265 e. The molecule has 0 heterocycles. The quantitative estimate of drug-likeness (QED) is 0.731. The summed E-state index contributed by atoms with van der Waals surface area (Å²) in [5.41, 5.74) is 1.69. The normalized spacial score (nSPS) is 10.7. The molecule has 0 aliphatic heterocycles. The Hall–Kier alpha value is -2.98. The van der Waals surface area contributed by atoms with Gasteiger partial charge in [0.05, 0.1) is 13.7 Å². The van der Waals surface area contributed by atoms with Gasteiger partial charge in [-0.05, 0) is 42.3 Å². The highest BCUT2D eigenvalue weighted by Gasteiger charge is 2.22. The van der Waals surface area contributed by atoms with Gasteiger partial charge < -0.3 is 10.1 Å². The number of amides is 1. The monoisotopic (exact) mass is 372 g/mol. The van der Waals surface area contributed by atoms with Crippen LogP contribution in [0.15, 0.2) is 47.4 Å². The van der Waals surface area contributed by atoms with E-state index in [1.54, 1.807) is 12.1 Å². The number of ether oxygens (including phenoxy) is 1. The molecule has 2 N–H and O–H groups in total. The zero-order valence-corrected chi connectivity index (χ0v) is 15.4. The Kier molecular flexibility index (Phi) is 6.26. The number of terminal acetylenes is 1. The number of aryl methyl sites for hydroxylation is 1. The van der Waals surface area contributed by atoms with Crippen molar-refractivity contribution in [3.8, 4) is 18.1 Å². The van der Waals surface area contributed by atoms with Crippen LogP contribution in [0, 0.1) is 12.3 Å². The predicted octanol–water partition coefficient (Wildman–Crippen LogP) is 2.42. The lowest BCUT2D eigenvalue weighted by Gasteiger charge is -2.13. The van der Waals surface area contributed by atoms with E-state index in [4.69, 9.17) is 11.2 Å². The molecule has 2 rings (SSSR count). The SMILES string of the molecule is C#CCNC(=O)c1ccc(OC)c(S(=O)(=O)Nc2ccc(CC)cc2)c1. The first kappa shape index (κ1) is 19.3. The number of benzene rings is 2. The molecule has 0 fully saturated rings. The van der Waals surface area contributed by atoms with Crippen molar-refractivity contribution in [2.24, 2.45) is 0 Å². The highest BCUT2D eigenvalue weighted by atomic mass is 32.2. The highest BCUT2D eigenvalue weighted by Crippen LogP contribution is 2.27. The molecule has 26 heavy (non-hydrogen) atoms. The van der Waals surface area contributed by atoms with Crippen LogP contribution in [-0.2, 0) is 16.4 Å². The fourth-order valence-electron chi connectivity index (χ4n) is 2.28. The van der Waals surface area contributed by atoms with Gasteiger partial charge in [0.25, 0.3) is 15.9 Å². The van der Waals surface area contributed by atoms with Gasteiger partial charge in [-0.2, -0.15) is 0 Å². The lowest BCUT2D eigenvalue weighted by molar-refractivity contribution is 0.0958. The minimum atomic E-state index is -3.95. The summed E-state index contributed by atoms with van der Waals surface area (Å²) in [4.78, 5) is 11.9. The van der Waals surface area contributed by atoms with Crippen molar-refractivity contribution >= 4 is 21.6 Å². The average molecular weight is 372 g/mol. The fourth-order valence-corrected chi connectivity index (χ4v) is 3.53. The van der Waals surface area contributed by atoms with Crippen LogP contribution in [0.4, 0.5) is 5.69 Å². The van der Waals surface area contributed by atoms with E-state index < -0.39 is 15.9 Å². The maximum atomic E-state index is 12.8. The molecule has 0 aromatic heterocycles. The van der Waals surface area contributed by atoms with Crippen LogP contribution < -0.4 is 14.8 Å². The Morgan fingerprint density at radius 2 is 1.88 bits per heavy atom. The van der Waals surface area contributed by atoms with E-state index in [2.05, 4.69) is 16.0 Å². The number of nitrogens with one attached hydrogen (secondary N) is 2. The molecule has 0 aliphatic carbocycles. The summed E-state index contributed by atoms with van der Waals surface area (Å²) >= 11 is 0. The molecule has 2 aromatic rings. The summed E-state index contributed by atoms with van der Waals surface area (Å²) in [7, 11) is -2.58. The number of methoxy groups -OCH3 is 1. The molecular formula is C19H20N2O4S. The number of hydrogen-bond acceptors (Lipinski definition) is 4. The minimum absolute atomic E-state index is 0.0506. The van der Waals surface area contributed by atoms with Gasteiger partial charge >= 0.3 is 0 Å². The van der Waals surface area contributed by atoms with E-state index in [0.29, 0.717) is 5.69 Å². The fraction of sp³-hybridized carbons (Fsp3) is 0.211. The predicted molar refractivity (Wildman–Crippen MR) is 101 cm³/mol. The van der Waals surface area contributed by atoms with Crippen LogP contribution in [0.25, 0.3) is 0 Å². The summed E-state index contributed by atoms with van der Waals surface area (Å²) in [6.07, 6.45) is 5.97. The van der Waals surface area contributed by atoms with Crippen LogP contribution in [0.3, 0.4) is 0 Å². The van der Waals surface area contributed by atoms with Gasteiger partial charge in [-0.3, -0.25) is 9.52 Å². The van der Waals surface area contributed by atoms with E-state index >= 15 is 0 Å². The van der Waals surface area contributed by atoms with Gasteiger partial charge in [-0.1, -0.05) is 25.0 Å². The van der Waals surface area contributed by atoms with Crippen molar-refractivity contribution in [1.29, 1.82) is 0 Å². The second-order valence-electron chi connectivity index (χ2n) is 5.41. The third kappa shape index (κ3) is 4.55. The second-order valence-corrected chi connectivity index (χ2v) is 7.06. The molecule has 0 unspecified atom stereocenters. The van der Waals surface area contributed by atoms with E-state index in [0.717, 1.165) is 12.0 Å². The summed E-state index contributed by atoms with van der Waals surface area (Å²) in [5, 5.41) is 2.50. The van der Waals surface area contributed by atoms with E-state index in [-0.39, 0.29) is 22.8 Å². The molecule has 6 nitrogen and oxygen atoms in total. The zero-order valence-electron chi connectivity index (χ0n) is 14.6. The summed E-state index contributed by atoms with van der Waals surface area (Å²) in [6, 6.07) is 11.2. The molecule has 2 aromatic carbocycles. The number of carbonyl (C=O) groups excluding carboxylic acids is 1. The van der Waals surface area contributed by atoms with Crippen molar-refractivity contribution in [1.82, 2.24) is 5.32 Å². The van der Waals surface area contributed by atoms with Gasteiger partial charge in [0, 0.05) is 11.3 Å². The molecule has 0 atom stereocenters. The van der Waals surface area contributed by atoms with Gasteiger partial charge in [0.1, 0.15) is 10.6 Å². The van der Waals surface area contributed by atoms with Gasteiger partial charge in [-0.15, -0.1) is 6.42 Å². The Morgan fingerprint density at radius 3 is 2.46 bits per heavy atom. The first-order valence-corrected chi connectivity index (χ1v) is 9.41. The molecule has 7 heteroatoms. The zero-order chi connectivity index (χ0) is 19.2. The molecule has 1 amide bonds. The number of anilines is 1. The average Bonchev–Trinajstić information content (AvgIpc) is 2.65. The summed E-state index contributed by atoms with van der Waals surface area (Å²) in [6.45, 7) is 2.07. The summed E-state index contributed by atoms with van der Waals surface area (Å²) < 4.78 is 33.2. The molecule has 136 valence electrons. The van der Waals surface area contributed by atoms with Crippen LogP contribution in [0.1, 0.15) is 22.8 Å². The van der Waals surface area contributed by atoms with Gasteiger partial charge in [-0.25, -0.2) is 8.42 Å². The van der Waals surface area contributed by atoms with E-state index in [1.165, 1.54) is 25.3 Å². The van der Waals surface area contributed by atoms with Crippen molar-refractivity contribution in [3.63, 3.8) is 0 Å². The Morgan fingerprint density at radius 1 is 1.19 bits per heavy atom. The van der Waals surface area contributed by atoms with Crippen LogP contribution in [0.2, 0.25) is 0 Å². The Bertz CT molecular complexity index is 929. The first-order valence-electron chi connectivity index (χ1n) is 7.92. The minimum Gasteiger partial charge on any atom is -0.495 e. The van der Waals surface area contributed by atoms with Gasteiger partial charge in [0.2, 0.25) is 0 Å². The molecule has 0 bridgehead atoms. The lowest BCUT2D eigenvalue weighted by Crippen LogP contribution is -2.24. The topological polar surface area (TPSA) is 84.5 Å². The maximum absolute atomic E-state index is 12.8. The second kappa shape index (κ2) is 8.41. The van der Waals surface area contributed by atoms with E-state index in [1.807, 2.05) is 19.1 Å². The van der Waals surface area contributed by atoms with Crippen LogP contribution >= 0.6 is 0 Å². The third-order valence-corrected chi connectivity index (χ3v) is 5.08. The number of rotatable bonds is 7. The molecular weight excluding hydrogens is 352 g/mol. The van der Waals surface area contributed by atoms with Crippen LogP contribution in [0.5, 0.6) is 5.75 Å². The molecule has 0 aliphatic rings. The lowest BCUT2D eigenvalue weighted by atomic mass is 10.2. The number of hydrogen-bond donors (Lipinski definition) is 2. The maximum Gasteiger partial charge on any atom is 0.265 e. The van der Waals surface area contributed by atoms with Crippen molar-refractivity contribution in [2.75, 3.05) is 18.4 Å². The molecule has 0 radical (unpaired) electrons. The largest absolute Gasteiger partial charge is 0.495 e. The molecule has 0 spiro atoms.